The number of benzene rings is 1. The van der Waals surface area contributed by atoms with E-state index in [1.807, 2.05) is 17.6 Å². The van der Waals surface area contributed by atoms with Crippen LogP contribution < -0.4 is 5.32 Å². The van der Waals surface area contributed by atoms with Crippen molar-refractivity contribution in [2.24, 2.45) is 0 Å². The summed E-state index contributed by atoms with van der Waals surface area (Å²) in [6, 6.07) is 5.75. The smallest absolute Gasteiger partial charge is 0.224 e. The molecule has 2 atom stereocenters. The van der Waals surface area contributed by atoms with Crippen LogP contribution in [0.1, 0.15) is 42.4 Å². The second kappa shape index (κ2) is 8.52. The highest BCUT2D eigenvalue weighted by molar-refractivity contribution is 5.88. The van der Waals surface area contributed by atoms with Gasteiger partial charge in [0.15, 0.2) is 11.6 Å². The summed E-state index contributed by atoms with van der Waals surface area (Å²) in [5.74, 6) is -1.93. The van der Waals surface area contributed by atoms with E-state index in [9.17, 15) is 18.7 Å². The molecule has 1 fully saturated rings. The topological polar surface area (TPSA) is 67.2 Å². The first kappa shape index (κ1) is 20.5. The Hall–Kier alpha value is -2.80. The number of nitrogens with zero attached hydrogens (tertiary/aromatic N) is 2. The Morgan fingerprint density at radius 1 is 1.23 bits per heavy atom. The van der Waals surface area contributed by atoms with Gasteiger partial charge in [-0.3, -0.25) is 9.78 Å². The zero-order valence-electron chi connectivity index (χ0n) is 16.9. The minimum atomic E-state index is -0.885. The van der Waals surface area contributed by atoms with Crippen LogP contribution in [0.4, 0.5) is 8.78 Å². The van der Waals surface area contributed by atoms with Gasteiger partial charge in [-0.25, -0.2) is 8.78 Å². The first-order chi connectivity index (χ1) is 14.4. The van der Waals surface area contributed by atoms with E-state index in [0.29, 0.717) is 17.5 Å². The van der Waals surface area contributed by atoms with Crippen LogP contribution in [0.25, 0.3) is 11.0 Å². The average molecular weight is 413 g/mol. The van der Waals surface area contributed by atoms with Gasteiger partial charge in [-0.2, -0.15) is 0 Å². The van der Waals surface area contributed by atoms with Gasteiger partial charge in [0.05, 0.1) is 36.1 Å². The summed E-state index contributed by atoms with van der Waals surface area (Å²) < 4.78 is 29.7. The Kier molecular flexibility index (Phi) is 5.81. The minimum Gasteiger partial charge on any atom is -0.391 e. The number of hydrogen-bond acceptors (Lipinski definition) is 3. The predicted octanol–water partition coefficient (Wildman–Crippen LogP) is 3.63. The molecular weight excluding hydrogens is 388 g/mol. The fourth-order valence-electron chi connectivity index (χ4n) is 4.28. The van der Waals surface area contributed by atoms with Gasteiger partial charge in [0.25, 0.3) is 0 Å². The van der Waals surface area contributed by atoms with E-state index < -0.39 is 17.7 Å². The molecule has 1 aliphatic carbocycles. The van der Waals surface area contributed by atoms with Crippen LogP contribution >= 0.6 is 0 Å². The monoisotopic (exact) mass is 413 g/mol. The number of nitrogens with one attached hydrogen (secondary N) is 1. The number of rotatable bonds is 5. The van der Waals surface area contributed by atoms with Crippen molar-refractivity contribution in [3.63, 3.8) is 0 Å². The van der Waals surface area contributed by atoms with E-state index in [2.05, 4.69) is 10.3 Å². The van der Waals surface area contributed by atoms with Gasteiger partial charge in [0, 0.05) is 23.5 Å². The van der Waals surface area contributed by atoms with E-state index in [0.717, 1.165) is 36.4 Å². The van der Waals surface area contributed by atoms with Crippen molar-refractivity contribution in [3.8, 4) is 0 Å². The number of aryl methyl sites for hydroxylation is 1. The number of halogens is 2. The molecule has 2 aromatic heterocycles. The van der Waals surface area contributed by atoms with Gasteiger partial charge in [-0.1, -0.05) is 25.0 Å². The molecule has 1 saturated carbocycles. The van der Waals surface area contributed by atoms with E-state index in [1.54, 1.807) is 18.5 Å². The number of carbonyl (C=O) groups is 1. The summed E-state index contributed by atoms with van der Waals surface area (Å²) in [7, 11) is 0. The zero-order chi connectivity index (χ0) is 21.3. The Labute approximate surface area is 173 Å². The molecule has 0 bridgehead atoms. The van der Waals surface area contributed by atoms with Gasteiger partial charge < -0.3 is 15.0 Å². The van der Waals surface area contributed by atoms with E-state index in [-0.39, 0.29) is 30.5 Å². The third kappa shape index (κ3) is 4.07. The molecule has 1 aliphatic rings. The van der Waals surface area contributed by atoms with Crippen LogP contribution in [-0.4, -0.2) is 32.7 Å². The maximum atomic E-state index is 14.2. The molecule has 0 aliphatic heterocycles. The Morgan fingerprint density at radius 2 is 2.03 bits per heavy atom. The van der Waals surface area contributed by atoms with Crippen LogP contribution in [0.2, 0.25) is 0 Å². The molecule has 4 rings (SSSR count). The lowest BCUT2D eigenvalue weighted by Gasteiger charge is -2.28. The molecule has 1 aromatic carbocycles. The number of pyridine rings is 1. The van der Waals surface area contributed by atoms with Crippen LogP contribution in [0.3, 0.4) is 0 Å². The summed E-state index contributed by atoms with van der Waals surface area (Å²) in [5.41, 5.74) is 3.35. The number of carbonyl (C=O) groups excluding carboxylic acids is 1. The highest BCUT2D eigenvalue weighted by atomic mass is 19.2. The molecule has 2 N–H and O–H groups in total. The van der Waals surface area contributed by atoms with Gasteiger partial charge in [-0.05, 0) is 37.5 Å². The minimum absolute atomic E-state index is 0.106. The molecule has 1 amide bonds. The summed E-state index contributed by atoms with van der Waals surface area (Å²) in [4.78, 5) is 17.1. The van der Waals surface area contributed by atoms with Crippen molar-refractivity contribution in [2.45, 2.75) is 57.7 Å². The van der Waals surface area contributed by atoms with Crippen LogP contribution in [-0.2, 0) is 17.8 Å². The van der Waals surface area contributed by atoms with Gasteiger partial charge in [0.1, 0.15) is 0 Å². The van der Waals surface area contributed by atoms with Crippen molar-refractivity contribution in [2.75, 3.05) is 0 Å². The molecule has 0 unspecified atom stereocenters. The van der Waals surface area contributed by atoms with Gasteiger partial charge in [0.2, 0.25) is 5.91 Å². The molecule has 5 nitrogen and oxygen atoms in total. The number of aliphatic hydroxyl groups is 1. The van der Waals surface area contributed by atoms with Crippen LogP contribution in [0.15, 0.2) is 36.7 Å². The van der Waals surface area contributed by atoms with Gasteiger partial charge >= 0.3 is 0 Å². The normalized spacial score (nSPS) is 19.2. The van der Waals surface area contributed by atoms with E-state index in [1.165, 1.54) is 6.07 Å². The molecule has 7 heteroatoms. The highest BCUT2D eigenvalue weighted by Gasteiger charge is 2.25. The first-order valence-corrected chi connectivity index (χ1v) is 10.3. The molecule has 3 aromatic rings. The quantitative estimate of drug-likeness (QED) is 0.671. The summed E-state index contributed by atoms with van der Waals surface area (Å²) in [5, 5.41) is 13.0. The summed E-state index contributed by atoms with van der Waals surface area (Å²) in [6.45, 7) is 2.06. The van der Waals surface area contributed by atoms with Crippen molar-refractivity contribution >= 4 is 16.9 Å². The molecule has 2 heterocycles. The van der Waals surface area contributed by atoms with Crippen molar-refractivity contribution in [1.82, 2.24) is 14.9 Å². The Balaban J connectivity index is 1.62. The van der Waals surface area contributed by atoms with Crippen molar-refractivity contribution in [3.05, 3.63) is 65.0 Å². The maximum absolute atomic E-state index is 14.2. The average Bonchev–Trinajstić information content (AvgIpc) is 3.05. The molecule has 0 saturated heterocycles. The lowest BCUT2D eigenvalue weighted by atomic mass is 9.92. The maximum Gasteiger partial charge on any atom is 0.224 e. The summed E-state index contributed by atoms with van der Waals surface area (Å²) >= 11 is 0. The molecule has 0 spiro atoms. The predicted molar refractivity (Wildman–Crippen MR) is 110 cm³/mol. The van der Waals surface area contributed by atoms with Crippen LogP contribution in [0, 0.1) is 18.6 Å². The van der Waals surface area contributed by atoms with Gasteiger partial charge in [-0.15, -0.1) is 0 Å². The van der Waals surface area contributed by atoms with E-state index in [4.69, 9.17) is 0 Å². The SMILES string of the molecule is Cc1ccnc2c(CC(=O)N[C@H]3CCCC[C@@H]3O)cn(Cc3cccc(F)c3F)c12. The molecule has 30 heavy (non-hydrogen) atoms. The number of aromatic nitrogens is 2. The number of fused-ring (bicyclic) bond motifs is 1. The third-order valence-electron chi connectivity index (χ3n) is 5.83. The lowest BCUT2D eigenvalue weighted by molar-refractivity contribution is -0.122. The molecule has 158 valence electrons. The first-order valence-electron chi connectivity index (χ1n) is 10.3. The zero-order valence-corrected chi connectivity index (χ0v) is 16.9. The van der Waals surface area contributed by atoms with Crippen molar-refractivity contribution in [1.29, 1.82) is 0 Å². The highest BCUT2D eigenvalue weighted by Crippen LogP contribution is 2.25. The molecule has 0 radical (unpaired) electrons. The fraction of sp³-hybridized carbons (Fsp3) is 0.391. The second-order valence-electron chi connectivity index (χ2n) is 8.02. The number of hydrogen-bond donors (Lipinski definition) is 2. The number of aliphatic hydroxyl groups excluding tert-OH is 1. The third-order valence-corrected chi connectivity index (χ3v) is 5.83. The van der Waals surface area contributed by atoms with Crippen molar-refractivity contribution < 1.29 is 18.7 Å². The lowest BCUT2D eigenvalue weighted by Crippen LogP contribution is -2.45. The van der Waals surface area contributed by atoms with E-state index >= 15 is 0 Å². The Morgan fingerprint density at radius 3 is 2.83 bits per heavy atom. The van der Waals surface area contributed by atoms with Crippen LogP contribution in [0.5, 0.6) is 0 Å². The second-order valence-corrected chi connectivity index (χ2v) is 8.02. The number of amides is 1. The standard InChI is InChI=1S/C23H25F2N3O2/c1-14-9-10-26-22-16(11-20(30)27-18-7-2-3-8-19(18)29)13-28(23(14)22)12-15-5-4-6-17(24)21(15)25/h4-6,9-10,13,18-19,29H,2-3,7-8,11-12H2,1H3,(H,27,30)/t18-,19-/m0/s1. The largest absolute Gasteiger partial charge is 0.391 e. The fourth-order valence-corrected chi connectivity index (χ4v) is 4.28. The Bertz CT molecular complexity index is 1080. The molecular formula is C23H25F2N3O2. The summed E-state index contributed by atoms with van der Waals surface area (Å²) in [6.07, 6.45) is 6.48.